The highest BCUT2D eigenvalue weighted by Gasteiger charge is 2.25. The molecule has 2 heterocycles. The first-order valence-corrected chi connectivity index (χ1v) is 8.96. The van der Waals surface area contributed by atoms with Gasteiger partial charge >= 0.3 is 0 Å². The van der Waals surface area contributed by atoms with Crippen molar-refractivity contribution < 1.29 is 8.42 Å². The monoisotopic (exact) mass is 345 g/mol. The lowest BCUT2D eigenvalue weighted by Gasteiger charge is -2.07. The maximum Gasteiger partial charge on any atom is 0.244 e. The van der Waals surface area contributed by atoms with Crippen LogP contribution < -0.4 is 4.72 Å². The van der Waals surface area contributed by atoms with Crippen molar-refractivity contribution in [3.63, 3.8) is 0 Å². The van der Waals surface area contributed by atoms with Crippen molar-refractivity contribution in [1.82, 2.24) is 24.3 Å². The van der Waals surface area contributed by atoms with E-state index >= 15 is 0 Å². The molecule has 1 aromatic carbocycles. The van der Waals surface area contributed by atoms with Gasteiger partial charge in [0.25, 0.3) is 0 Å². The second-order valence-electron chi connectivity index (χ2n) is 5.55. The molecule has 3 aromatic rings. The maximum atomic E-state index is 12.7. The molecule has 0 atom stereocenters. The summed E-state index contributed by atoms with van der Waals surface area (Å²) in [7, 11) is -1.89. The second-order valence-corrected chi connectivity index (χ2v) is 7.26. The zero-order valence-electron chi connectivity index (χ0n) is 13.8. The number of hydrogen-bond acceptors (Lipinski definition) is 4. The molecule has 0 saturated carbocycles. The van der Waals surface area contributed by atoms with Crippen molar-refractivity contribution in [3.8, 4) is 5.69 Å². The Morgan fingerprint density at radius 1 is 1.08 bits per heavy atom. The Morgan fingerprint density at radius 3 is 2.42 bits per heavy atom. The minimum Gasteiger partial charge on any atom is -0.276 e. The third-order valence-electron chi connectivity index (χ3n) is 3.71. The van der Waals surface area contributed by atoms with E-state index < -0.39 is 10.0 Å². The third kappa shape index (κ3) is 3.10. The fourth-order valence-electron chi connectivity index (χ4n) is 2.64. The van der Waals surface area contributed by atoms with Crippen molar-refractivity contribution in [1.29, 1.82) is 0 Å². The lowest BCUT2D eigenvalue weighted by Crippen LogP contribution is -2.24. The zero-order valence-corrected chi connectivity index (χ0v) is 14.6. The Morgan fingerprint density at radius 2 is 1.79 bits per heavy atom. The van der Waals surface area contributed by atoms with Gasteiger partial charge in [0, 0.05) is 13.2 Å². The summed E-state index contributed by atoms with van der Waals surface area (Å²) in [5, 5.41) is 8.56. The van der Waals surface area contributed by atoms with Crippen LogP contribution in [0.15, 0.2) is 47.5 Å². The number of para-hydroxylation sites is 1. The molecule has 0 spiro atoms. The molecule has 0 amide bonds. The molecule has 1 N–H and O–H groups in total. The van der Waals surface area contributed by atoms with E-state index in [1.165, 1.54) is 0 Å². The van der Waals surface area contributed by atoms with E-state index in [0.29, 0.717) is 17.1 Å². The molecular weight excluding hydrogens is 326 g/mol. The van der Waals surface area contributed by atoms with E-state index in [1.807, 2.05) is 30.3 Å². The number of sulfonamides is 1. The standard InChI is InChI=1S/C16H19N5O2S/c1-12-16(13(2)21(18-12)15-7-5-4-6-8-15)24(22,23)17-11-14-9-10-20(3)19-14/h4-10,17H,11H2,1-3H3. The molecule has 0 unspecified atom stereocenters. The van der Waals surface area contributed by atoms with E-state index in [4.69, 9.17) is 0 Å². The average molecular weight is 345 g/mol. The molecule has 0 radical (unpaired) electrons. The first kappa shape index (κ1) is 16.4. The van der Waals surface area contributed by atoms with Gasteiger partial charge in [-0.25, -0.2) is 17.8 Å². The Kier molecular flexibility index (Phi) is 4.25. The van der Waals surface area contributed by atoms with Crippen LogP contribution in [0.1, 0.15) is 17.1 Å². The van der Waals surface area contributed by atoms with Crippen molar-refractivity contribution in [2.24, 2.45) is 7.05 Å². The van der Waals surface area contributed by atoms with Gasteiger partial charge in [-0.15, -0.1) is 0 Å². The van der Waals surface area contributed by atoms with Gasteiger partial charge < -0.3 is 0 Å². The molecule has 0 bridgehead atoms. The Hall–Kier alpha value is -2.45. The summed E-state index contributed by atoms with van der Waals surface area (Å²) in [5.41, 5.74) is 2.52. The van der Waals surface area contributed by atoms with Gasteiger partial charge in [-0.2, -0.15) is 10.2 Å². The van der Waals surface area contributed by atoms with Gasteiger partial charge in [0.1, 0.15) is 4.90 Å². The van der Waals surface area contributed by atoms with Gasteiger partial charge in [-0.05, 0) is 32.0 Å². The van der Waals surface area contributed by atoms with Crippen LogP contribution in [0.25, 0.3) is 5.69 Å². The number of hydrogen-bond donors (Lipinski definition) is 1. The molecule has 8 heteroatoms. The maximum absolute atomic E-state index is 12.7. The number of benzene rings is 1. The van der Waals surface area contributed by atoms with Crippen LogP contribution in [0, 0.1) is 13.8 Å². The van der Waals surface area contributed by atoms with Gasteiger partial charge in [0.15, 0.2) is 0 Å². The summed E-state index contributed by atoms with van der Waals surface area (Å²) in [6.07, 6.45) is 1.77. The lowest BCUT2D eigenvalue weighted by molar-refractivity contribution is 0.578. The van der Waals surface area contributed by atoms with Crippen molar-refractivity contribution in [2.45, 2.75) is 25.3 Å². The van der Waals surface area contributed by atoms with E-state index in [0.717, 1.165) is 5.69 Å². The number of aryl methyl sites for hydroxylation is 2. The van der Waals surface area contributed by atoms with Gasteiger partial charge in [0.05, 0.1) is 29.3 Å². The smallest absolute Gasteiger partial charge is 0.244 e. The van der Waals surface area contributed by atoms with Crippen molar-refractivity contribution >= 4 is 10.0 Å². The predicted octanol–water partition coefficient (Wildman–Crippen LogP) is 1.70. The van der Waals surface area contributed by atoms with Gasteiger partial charge in [-0.1, -0.05) is 18.2 Å². The predicted molar refractivity (Wildman–Crippen MR) is 90.3 cm³/mol. The minimum absolute atomic E-state index is 0.137. The fourth-order valence-corrected chi connectivity index (χ4v) is 4.02. The van der Waals surface area contributed by atoms with E-state index in [9.17, 15) is 8.42 Å². The summed E-state index contributed by atoms with van der Waals surface area (Å²) >= 11 is 0. The minimum atomic E-state index is -3.68. The topological polar surface area (TPSA) is 81.8 Å². The molecule has 0 aliphatic heterocycles. The molecule has 3 rings (SSSR count). The van der Waals surface area contributed by atoms with E-state index in [1.54, 1.807) is 42.5 Å². The van der Waals surface area contributed by atoms with Crippen LogP contribution in [0.4, 0.5) is 0 Å². The molecule has 0 aliphatic carbocycles. The van der Waals surface area contributed by atoms with E-state index in [2.05, 4.69) is 14.9 Å². The first-order valence-electron chi connectivity index (χ1n) is 7.48. The van der Waals surface area contributed by atoms with Crippen LogP contribution in [-0.4, -0.2) is 28.0 Å². The molecule has 7 nitrogen and oxygen atoms in total. The van der Waals surface area contributed by atoms with Crippen molar-refractivity contribution in [2.75, 3.05) is 0 Å². The number of rotatable bonds is 5. The third-order valence-corrected chi connectivity index (χ3v) is 5.36. The van der Waals surface area contributed by atoms with E-state index in [-0.39, 0.29) is 11.4 Å². The number of nitrogens with zero attached hydrogens (tertiary/aromatic N) is 4. The van der Waals surface area contributed by atoms with Crippen LogP contribution in [0.2, 0.25) is 0 Å². The highest BCUT2D eigenvalue weighted by Crippen LogP contribution is 2.22. The molecule has 24 heavy (non-hydrogen) atoms. The Labute approximate surface area is 141 Å². The molecule has 0 fully saturated rings. The fraction of sp³-hybridized carbons (Fsp3) is 0.250. The molecular formula is C16H19N5O2S. The zero-order chi connectivity index (χ0) is 17.3. The molecule has 126 valence electrons. The molecule has 0 saturated heterocycles. The van der Waals surface area contributed by atoms with Gasteiger partial charge in [-0.3, -0.25) is 4.68 Å². The highest BCUT2D eigenvalue weighted by molar-refractivity contribution is 7.89. The lowest BCUT2D eigenvalue weighted by atomic mass is 10.3. The normalized spacial score (nSPS) is 11.8. The highest BCUT2D eigenvalue weighted by atomic mass is 32.2. The summed E-state index contributed by atoms with van der Waals surface area (Å²) in [5.74, 6) is 0. The number of nitrogens with one attached hydrogen (secondary N) is 1. The Balaban J connectivity index is 1.92. The van der Waals surface area contributed by atoms with Gasteiger partial charge in [0.2, 0.25) is 10.0 Å². The summed E-state index contributed by atoms with van der Waals surface area (Å²) in [4.78, 5) is 0.210. The molecule has 0 aliphatic rings. The second kappa shape index (κ2) is 6.21. The van der Waals surface area contributed by atoms with Crippen LogP contribution in [0.5, 0.6) is 0 Å². The SMILES string of the molecule is Cc1nn(-c2ccccc2)c(C)c1S(=O)(=O)NCc1ccn(C)n1. The molecule has 2 aromatic heterocycles. The first-order chi connectivity index (χ1) is 11.4. The quantitative estimate of drug-likeness (QED) is 0.763. The van der Waals surface area contributed by atoms with Crippen LogP contribution in [0.3, 0.4) is 0 Å². The number of aromatic nitrogens is 4. The Bertz CT molecular complexity index is 958. The van der Waals surface area contributed by atoms with Crippen LogP contribution in [-0.2, 0) is 23.6 Å². The summed E-state index contributed by atoms with van der Waals surface area (Å²) < 4.78 is 31.3. The van der Waals surface area contributed by atoms with Crippen molar-refractivity contribution in [3.05, 3.63) is 59.7 Å². The summed E-state index contributed by atoms with van der Waals surface area (Å²) in [6, 6.07) is 11.2. The average Bonchev–Trinajstić information content (AvgIpc) is 3.09. The largest absolute Gasteiger partial charge is 0.276 e. The summed E-state index contributed by atoms with van der Waals surface area (Å²) in [6.45, 7) is 3.59. The van der Waals surface area contributed by atoms with Crippen LogP contribution >= 0.6 is 0 Å².